The fourth-order valence-corrected chi connectivity index (χ4v) is 17.3. The smallest absolute Gasteiger partial charge is 0.0992 e. The highest BCUT2D eigenvalue weighted by atomic mass is 28.3. The van der Waals surface area contributed by atoms with Crippen molar-refractivity contribution in [2.75, 3.05) is 19.6 Å². The minimum absolute atomic E-state index is 0.606. The van der Waals surface area contributed by atoms with Crippen molar-refractivity contribution in [3.05, 3.63) is 312 Å². The van der Waals surface area contributed by atoms with Crippen LogP contribution in [0.4, 0.5) is 68.2 Å². The zero-order valence-corrected chi connectivity index (χ0v) is 56.7. The fourth-order valence-electron chi connectivity index (χ4n) is 13.8. The Balaban J connectivity index is 0.788. The zero-order chi connectivity index (χ0) is 64.8. The quantitative estimate of drug-likeness (QED) is 0.0669. The molecule has 0 aromatic heterocycles. The van der Waals surface area contributed by atoms with Crippen molar-refractivity contribution in [1.29, 1.82) is 10.5 Å². The molecule has 0 atom stereocenters. The summed E-state index contributed by atoms with van der Waals surface area (Å²) in [6.45, 7) is 18.8. The zero-order valence-electron chi connectivity index (χ0n) is 54.7. The summed E-state index contributed by atoms with van der Waals surface area (Å²) in [5.74, 6) is 0. The van der Waals surface area contributed by atoms with Crippen LogP contribution in [-0.2, 0) is 6.42 Å². The van der Waals surface area contributed by atoms with Gasteiger partial charge in [-0.25, -0.2) is 0 Å². The first-order chi connectivity index (χ1) is 45.6. The molecule has 0 radical (unpaired) electrons. The van der Waals surface area contributed by atoms with E-state index in [-0.39, 0.29) is 0 Å². The first kappa shape index (κ1) is 60.6. The van der Waals surface area contributed by atoms with Crippen LogP contribution in [0.3, 0.4) is 0 Å². The Kier molecular flexibility index (Phi) is 16.0. The van der Waals surface area contributed by atoms with E-state index in [0.29, 0.717) is 11.1 Å². The molecular formula is C86H74N6Si2. The average molecular weight is 1250 g/mol. The summed E-state index contributed by atoms with van der Waals surface area (Å²) < 4.78 is 0. The number of hydrogen-bond donors (Lipinski definition) is 0. The Bertz CT molecular complexity index is 5240. The number of anilines is 12. The predicted molar refractivity (Wildman–Crippen MR) is 405 cm³/mol. The molecule has 0 heterocycles. The Hall–Kier alpha value is -11.0. The Morgan fingerprint density at radius 2 is 0.713 bits per heavy atom. The van der Waals surface area contributed by atoms with Crippen LogP contribution in [0, 0.1) is 43.4 Å². The summed E-state index contributed by atoms with van der Waals surface area (Å²) in [4.78, 5) is 9.45. The molecule has 94 heavy (non-hydrogen) atoms. The van der Waals surface area contributed by atoms with Crippen molar-refractivity contribution in [2.24, 2.45) is 0 Å². The van der Waals surface area contributed by atoms with E-state index in [0.717, 1.165) is 102 Å². The number of fused-ring (bicyclic) bond motifs is 1. The largest absolute Gasteiger partial charge is 0.310 e. The number of rotatable bonds is 17. The van der Waals surface area contributed by atoms with Crippen LogP contribution < -0.4 is 30.0 Å². The molecule has 14 rings (SSSR count). The fraction of sp³-hybridized carbons (Fsp3) is 0.116. The van der Waals surface area contributed by atoms with E-state index in [2.05, 4.69) is 328 Å². The third kappa shape index (κ3) is 11.6. The summed E-state index contributed by atoms with van der Waals surface area (Å²) in [5.41, 5.74) is 19.0. The van der Waals surface area contributed by atoms with Crippen molar-refractivity contribution < 1.29 is 0 Å². The molecule has 14 aromatic carbocycles. The van der Waals surface area contributed by atoms with Gasteiger partial charge in [-0.3, -0.25) is 0 Å². The third-order valence-electron chi connectivity index (χ3n) is 18.9. The van der Waals surface area contributed by atoms with Crippen molar-refractivity contribution >= 4 is 138 Å². The molecule has 0 amide bonds. The summed E-state index contributed by atoms with van der Waals surface area (Å²) >= 11 is 0. The highest BCUT2D eigenvalue weighted by Gasteiger charge is 2.28. The van der Waals surface area contributed by atoms with E-state index >= 15 is 0 Å². The van der Waals surface area contributed by atoms with Crippen LogP contribution in [-0.4, -0.2) is 16.1 Å². The molecule has 0 saturated heterocycles. The van der Waals surface area contributed by atoms with Crippen LogP contribution in [0.5, 0.6) is 0 Å². The van der Waals surface area contributed by atoms with Gasteiger partial charge in [-0.1, -0.05) is 182 Å². The first-order valence-electron chi connectivity index (χ1n) is 32.5. The van der Waals surface area contributed by atoms with Crippen LogP contribution in [0.25, 0.3) is 43.1 Å². The average Bonchev–Trinajstić information content (AvgIpc) is 0.725. The normalized spacial score (nSPS) is 11.7. The highest BCUT2D eigenvalue weighted by Crippen LogP contribution is 2.49. The summed E-state index contributed by atoms with van der Waals surface area (Å²) in [7, 11) is -3.80. The Morgan fingerprint density at radius 3 is 1.17 bits per heavy atom. The predicted octanol–water partition coefficient (Wildman–Crippen LogP) is 23.0. The molecule has 14 aromatic rings. The Labute approximate surface area is 555 Å². The number of benzene rings is 14. The molecule has 8 heteroatoms. The standard InChI is InChI=1S/C86H74N6Si2/c1-59-31-39-69(40-32-59)89(67-21-11-9-12-22-67)75-49-60(2)82-56-76(50-61(3)81(82)55-75)90(68-23-13-10-14-24-68)70-41-33-62(34-42-70)47-48-94(7,8)78-30-18-28-74(54-78)92(72-26-16-20-64(52-72)58-88)84-46-38-66-35-43-79-83(45-37-65-36-44-80(84)86(66)85(65)79)91(71-25-15-19-63(51-71)57-87)73-27-17-29-77(53-73)93(4,5)6/h9-46,49-56H,47-48H2,1-8H3. The van der Waals surface area contributed by atoms with Gasteiger partial charge in [0.1, 0.15) is 0 Å². The van der Waals surface area contributed by atoms with Crippen LogP contribution in [0.15, 0.2) is 279 Å². The maximum absolute atomic E-state index is 10.4. The second-order valence-electron chi connectivity index (χ2n) is 26.8. The van der Waals surface area contributed by atoms with E-state index in [1.54, 1.807) is 0 Å². The minimum Gasteiger partial charge on any atom is -0.310 e. The molecule has 0 unspecified atom stereocenters. The van der Waals surface area contributed by atoms with E-state index in [9.17, 15) is 10.5 Å². The second kappa shape index (κ2) is 24.9. The van der Waals surface area contributed by atoms with Crippen molar-refractivity contribution in [2.45, 2.75) is 66.0 Å². The summed E-state index contributed by atoms with van der Waals surface area (Å²) in [5, 5.41) is 32.6. The van der Waals surface area contributed by atoms with E-state index in [4.69, 9.17) is 0 Å². The number of nitriles is 2. The third-order valence-corrected chi connectivity index (χ3v) is 24.4. The maximum atomic E-state index is 10.4. The van der Waals surface area contributed by atoms with Gasteiger partial charge in [-0.05, 0) is 228 Å². The molecule has 0 fully saturated rings. The lowest BCUT2D eigenvalue weighted by Crippen LogP contribution is -2.41. The first-order valence-corrected chi connectivity index (χ1v) is 39.2. The second-order valence-corrected chi connectivity index (χ2v) is 36.7. The van der Waals surface area contributed by atoms with Gasteiger partial charge < -0.3 is 19.6 Å². The van der Waals surface area contributed by atoms with Gasteiger partial charge in [-0.2, -0.15) is 10.5 Å². The molecule has 0 bridgehead atoms. The lowest BCUT2D eigenvalue weighted by molar-refractivity contribution is 1.10. The van der Waals surface area contributed by atoms with Gasteiger partial charge in [0.2, 0.25) is 0 Å². The Morgan fingerprint density at radius 1 is 0.319 bits per heavy atom. The maximum Gasteiger partial charge on any atom is 0.0992 e. The van der Waals surface area contributed by atoms with Crippen molar-refractivity contribution in [3.8, 4) is 12.1 Å². The van der Waals surface area contributed by atoms with Gasteiger partial charge in [0, 0.05) is 67.6 Å². The van der Waals surface area contributed by atoms with Gasteiger partial charge in [0.05, 0.1) is 50.8 Å². The molecule has 0 aliphatic carbocycles. The van der Waals surface area contributed by atoms with E-state index in [1.807, 2.05) is 36.4 Å². The highest BCUT2D eigenvalue weighted by molar-refractivity contribution is 6.90. The summed E-state index contributed by atoms with van der Waals surface area (Å²) in [6.07, 6.45) is 0.949. The topological polar surface area (TPSA) is 60.5 Å². The number of hydrogen-bond acceptors (Lipinski definition) is 6. The molecular weight excluding hydrogens is 1170 g/mol. The van der Waals surface area contributed by atoms with Gasteiger partial charge >= 0.3 is 0 Å². The lowest BCUT2D eigenvalue weighted by atomic mass is 9.91. The lowest BCUT2D eigenvalue weighted by Gasteiger charge is -2.31. The molecule has 6 nitrogen and oxygen atoms in total. The monoisotopic (exact) mass is 1250 g/mol. The van der Waals surface area contributed by atoms with Crippen molar-refractivity contribution in [1.82, 2.24) is 0 Å². The molecule has 0 aliphatic rings. The number of nitrogens with zero attached hydrogens (tertiary/aromatic N) is 6. The van der Waals surface area contributed by atoms with Gasteiger partial charge in [0.15, 0.2) is 0 Å². The number of para-hydroxylation sites is 2. The van der Waals surface area contributed by atoms with Crippen LogP contribution in [0.2, 0.25) is 38.8 Å². The molecule has 456 valence electrons. The molecule has 0 N–H and O–H groups in total. The molecule has 0 spiro atoms. The number of aryl methyl sites for hydroxylation is 4. The molecule has 0 aliphatic heterocycles. The van der Waals surface area contributed by atoms with Crippen LogP contribution >= 0.6 is 0 Å². The molecule has 0 saturated carbocycles. The SMILES string of the molecule is Cc1ccc(N(c2ccccc2)c2cc(C)c3cc(N(c4ccccc4)c4ccc(CC[Si](C)(C)c5cccc(N(c6cccc(C#N)c6)c6ccc7ccc8c(N(c9cccc(C#N)c9)c9cccc([Si](C)(C)C)c9)ccc9ccc6c7c98)c5)cc4)cc(C)c3c2)cc1. The van der Waals surface area contributed by atoms with Gasteiger partial charge in [0.25, 0.3) is 0 Å². The van der Waals surface area contributed by atoms with E-state index in [1.165, 1.54) is 54.2 Å². The van der Waals surface area contributed by atoms with Crippen LogP contribution in [0.1, 0.15) is 33.4 Å². The summed E-state index contributed by atoms with van der Waals surface area (Å²) in [6, 6.07) is 107. The minimum atomic E-state index is -2.10. The van der Waals surface area contributed by atoms with E-state index < -0.39 is 16.1 Å². The van der Waals surface area contributed by atoms with Crippen molar-refractivity contribution in [3.63, 3.8) is 0 Å². The van der Waals surface area contributed by atoms with Gasteiger partial charge in [-0.15, -0.1) is 0 Å².